The van der Waals surface area contributed by atoms with Crippen LogP contribution in [0.3, 0.4) is 0 Å². The average Bonchev–Trinajstić information content (AvgIpc) is 3.00. The molecule has 0 aliphatic rings. The van der Waals surface area contributed by atoms with Crippen molar-refractivity contribution in [3.8, 4) is 0 Å². The molecule has 0 fully saturated rings. The van der Waals surface area contributed by atoms with Crippen LogP contribution in [-0.2, 0) is 19.1 Å². The fourth-order valence-electron chi connectivity index (χ4n) is 2.10. The van der Waals surface area contributed by atoms with E-state index >= 15 is 0 Å². The van der Waals surface area contributed by atoms with Crippen molar-refractivity contribution in [2.45, 2.75) is 26.1 Å². The van der Waals surface area contributed by atoms with Crippen LogP contribution in [0.5, 0.6) is 0 Å². The van der Waals surface area contributed by atoms with Crippen LogP contribution in [0.1, 0.15) is 21.8 Å². The summed E-state index contributed by atoms with van der Waals surface area (Å²) in [5, 5.41) is 7.49. The molecule has 25 heavy (non-hydrogen) atoms. The first-order chi connectivity index (χ1) is 11.4. The summed E-state index contributed by atoms with van der Waals surface area (Å²) in [4.78, 5) is 7.63. The van der Waals surface area contributed by atoms with Crippen molar-refractivity contribution in [2.75, 3.05) is 13.6 Å². The molecule has 9 heteroatoms. The van der Waals surface area contributed by atoms with Gasteiger partial charge in [-0.2, -0.15) is 13.2 Å². The van der Waals surface area contributed by atoms with Crippen molar-refractivity contribution in [3.63, 3.8) is 0 Å². The minimum absolute atomic E-state index is 0. The third-order valence-electron chi connectivity index (χ3n) is 3.26. The number of guanidine groups is 1. The Morgan fingerprint density at radius 1 is 1.28 bits per heavy atom. The van der Waals surface area contributed by atoms with Gasteiger partial charge in [-0.25, -0.2) is 4.98 Å². The van der Waals surface area contributed by atoms with Crippen LogP contribution in [0, 0.1) is 6.92 Å². The number of hydrogen-bond acceptors (Lipinski definition) is 3. The molecule has 0 aliphatic carbocycles. The average molecular weight is 484 g/mol. The quantitative estimate of drug-likeness (QED) is 0.384. The number of aromatic nitrogens is 1. The summed E-state index contributed by atoms with van der Waals surface area (Å²) in [7, 11) is 1.62. The highest BCUT2D eigenvalue weighted by Crippen LogP contribution is 2.29. The number of aliphatic imine (C=N–C) groups is 1. The lowest BCUT2D eigenvalue weighted by molar-refractivity contribution is -0.140. The van der Waals surface area contributed by atoms with Crippen molar-refractivity contribution in [1.82, 2.24) is 15.6 Å². The van der Waals surface area contributed by atoms with E-state index in [9.17, 15) is 13.2 Å². The van der Waals surface area contributed by atoms with E-state index in [2.05, 4.69) is 32.7 Å². The second-order valence-electron chi connectivity index (χ2n) is 5.22. The van der Waals surface area contributed by atoms with E-state index in [0.29, 0.717) is 17.5 Å². The highest BCUT2D eigenvalue weighted by molar-refractivity contribution is 14.0. The van der Waals surface area contributed by atoms with E-state index < -0.39 is 11.9 Å². The summed E-state index contributed by atoms with van der Waals surface area (Å²) in [5.41, 5.74) is 1.57. The Labute approximate surface area is 166 Å². The van der Waals surface area contributed by atoms with Crippen LogP contribution in [0.25, 0.3) is 0 Å². The zero-order valence-corrected chi connectivity index (χ0v) is 17.0. The van der Waals surface area contributed by atoms with Crippen LogP contribution >= 0.6 is 35.3 Å². The maximum absolute atomic E-state index is 12.5. The van der Waals surface area contributed by atoms with Gasteiger partial charge in [0.2, 0.25) is 0 Å². The van der Waals surface area contributed by atoms with Crippen LogP contribution in [-0.4, -0.2) is 24.5 Å². The van der Waals surface area contributed by atoms with Gasteiger partial charge in [-0.3, -0.25) is 4.99 Å². The summed E-state index contributed by atoms with van der Waals surface area (Å²) in [6, 6.07) is 8.23. The second-order valence-corrected chi connectivity index (χ2v) is 6.16. The van der Waals surface area contributed by atoms with Gasteiger partial charge in [0, 0.05) is 19.0 Å². The monoisotopic (exact) mass is 484 g/mol. The molecule has 2 aromatic rings. The normalized spacial score (nSPS) is 11.8. The van der Waals surface area contributed by atoms with E-state index in [0.717, 1.165) is 23.1 Å². The number of hydrogen-bond donors (Lipinski definition) is 2. The summed E-state index contributed by atoms with van der Waals surface area (Å²) in [6.07, 6.45) is -3.57. The Morgan fingerprint density at radius 2 is 2.04 bits per heavy atom. The van der Waals surface area contributed by atoms with E-state index in [1.165, 1.54) is 11.1 Å². The van der Waals surface area contributed by atoms with Gasteiger partial charge in [0.15, 0.2) is 11.7 Å². The SMILES string of the molecule is CN=C(NCCc1cccc(C)c1)NCc1nc(C(F)(F)F)cs1.I. The molecule has 0 spiro atoms. The van der Waals surface area contributed by atoms with Crippen LogP contribution < -0.4 is 10.6 Å². The number of halogens is 4. The number of aryl methyl sites for hydroxylation is 1. The first-order valence-electron chi connectivity index (χ1n) is 7.40. The van der Waals surface area contributed by atoms with Crippen molar-refractivity contribution < 1.29 is 13.2 Å². The first-order valence-corrected chi connectivity index (χ1v) is 8.28. The Morgan fingerprint density at radius 3 is 2.64 bits per heavy atom. The molecule has 4 nitrogen and oxygen atoms in total. The van der Waals surface area contributed by atoms with E-state index in [-0.39, 0.29) is 30.5 Å². The van der Waals surface area contributed by atoms with E-state index in [4.69, 9.17) is 0 Å². The topological polar surface area (TPSA) is 49.3 Å². The molecule has 0 amide bonds. The van der Waals surface area contributed by atoms with Crippen molar-refractivity contribution in [3.05, 3.63) is 51.5 Å². The fourth-order valence-corrected chi connectivity index (χ4v) is 2.84. The minimum atomic E-state index is -4.40. The van der Waals surface area contributed by atoms with Gasteiger partial charge in [-0.05, 0) is 18.9 Å². The van der Waals surface area contributed by atoms with Crippen molar-refractivity contribution in [1.29, 1.82) is 0 Å². The molecule has 1 aromatic heterocycles. The standard InChI is InChI=1S/C16H19F3N4S.HI/c1-11-4-3-5-12(8-11)6-7-21-15(20-2)22-9-14-23-13(10-24-14)16(17,18)19;/h3-5,8,10H,6-7,9H2,1-2H3,(H2,20,21,22);1H. The lowest BCUT2D eigenvalue weighted by Crippen LogP contribution is -2.37. The molecule has 2 rings (SSSR count). The smallest absolute Gasteiger partial charge is 0.356 e. The molecule has 2 N–H and O–H groups in total. The molecular weight excluding hydrogens is 464 g/mol. The molecule has 0 saturated carbocycles. The third kappa shape index (κ3) is 7.18. The molecule has 1 heterocycles. The molecule has 138 valence electrons. The third-order valence-corrected chi connectivity index (χ3v) is 4.11. The molecule has 1 aromatic carbocycles. The van der Waals surface area contributed by atoms with Gasteiger partial charge < -0.3 is 10.6 Å². The Bertz CT molecular complexity index is 701. The number of thiazole rings is 1. The van der Waals surface area contributed by atoms with Gasteiger partial charge in [0.25, 0.3) is 0 Å². The van der Waals surface area contributed by atoms with Gasteiger partial charge >= 0.3 is 6.18 Å². The van der Waals surface area contributed by atoms with Crippen LogP contribution in [0.2, 0.25) is 0 Å². The number of alkyl halides is 3. The van der Waals surface area contributed by atoms with Crippen molar-refractivity contribution >= 4 is 41.3 Å². The Kier molecular flexibility index (Phi) is 8.63. The first kappa shape index (κ1) is 21.7. The number of nitrogens with one attached hydrogen (secondary N) is 2. The Balaban J connectivity index is 0.00000312. The molecular formula is C16H20F3IN4S. The highest BCUT2D eigenvalue weighted by Gasteiger charge is 2.33. The summed E-state index contributed by atoms with van der Waals surface area (Å²) in [5.74, 6) is 0.534. The maximum Gasteiger partial charge on any atom is 0.434 e. The zero-order chi connectivity index (χ0) is 17.6. The fraction of sp³-hybridized carbons (Fsp3) is 0.375. The predicted octanol–water partition coefficient (Wildman–Crippen LogP) is 4.00. The number of benzene rings is 1. The molecule has 0 radical (unpaired) electrons. The lowest BCUT2D eigenvalue weighted by Gasteiger charge is -2.11. The van der Waals surface area contributed by atoms with Gasteiger partial charge in [0.1, 0.15) is 5.01 Å². The summed E-state index contributed by atoms with van der Waals surface area (Å²) in [6.45, 7) is 2.92. The second kappa shape index (κ2) is 9.95. The predicted molar refractivity (Wildman–Crippen MR) is 106 cm³/mol. The summed E-state index contributed by atoms with van der Waals surface area (Å²) < 4.78 is 37.5. The van der Waals surface area contributed by atoms with Crippen LogP contribution in [0.15, 0.2) is 34.6 Å². The van der Waals surface area contributed by atoms with Gasteiger partial charge in [-0.1, -0.05) is 29.8 Å². The molecule has 0 bridgehead atoms. The number of rotatable bonds is 5. The lowest BCUT2D eigenvalue weighted by atomic mass is 10.1. The number of nitrogens with zero attached hydrogens (tertiary/aromatic N) is 2. The van der Waals surface area contributed by atoms with Crippen molar-refractivity contribution in [2.24, 2.45) is 4.99 Å². The largest absolute Gasteiger partial charge is 0.434 e. The minimum Gasteiger partial charge on any atom is -0.356 e. The molecule has 0 aliphatic heterocycles. The molecule has 0 atom stereocenters. The van der Waals surface area contributed by atoms with Gasteiger partial charge in [0.05, 0.1) is 6.54 Å². The molecule has 0 saturated heterocycles. The van der Waals surface area contributed by atoms with Gasteiger partial charge in [-0.15, -0.1) is 35.3 Å². The zero-order valence-electron chi connectivity index (χ0n) is 13.9. The van der Waals surface area contributed by atoms with Crippen LogP contribution in [0.4, 0.5) is 13.2 Å². The van der Waals surface area contributed by atoms with E-state index in [1.807, 2.05) is 19.1 Å². The molecule has 0 unspecified atom stereocenters. The van der Waals surface area contributed by atoms with E-state index in [1.54, 1.807) is 7.05 Å². The maximum atomic E-state index is 12.5. The highest BCUT2D eigenvalue weighted by atomic mass is 127. The Hall–Kier alpha value is -1.36. The summed E-state index contributed by atoms with van der Waals surface area (Å²) >= 11 is 0.975.